The van der Waals surface area contributed by atoms with Gasteiger partial charge >= 0.3 is 0 Å². The second-order valence-corrected chi connectivity index (χ2v) is 7.74. The SMILES string of the molecule is CCOc1ncccc1C(=O)N(C)C(C)c1ccc(S(C)(=O)=O)cc1. The smallest absolute Gasteiger partial charge is 0.259 e. The zero-order valence-corrected chi connectivity index (χ0v) is 15.6. The molecule has 0 saturated heterocycles. The van der Waals surface area contributed by atoms with Gasteiger partial charge in [-0.05, 0) is 43.7 Å². The molecule has 0 aliphatic heterocycles. The molecule has 0 spiro atoms. The van der Waals surface area contributed by atoms with Crippen molar-refractivity contribution < 1.29 is 17.9 Å². The third kappa shape index (κ3) is 4.36. The number of pyridine rings is 1. The Morgan fingerprint density at radius 2 is 1.88 bits per heavy atom. The Hall–Kier alpha value is -2.41. The van der Waals surface area contributed by atoms with Gasteiger partial charge in [0.05, 0.1) is 17.5 Å². The first-order chi connectivity index (χ1) is 11.8. The lowest BCUT2D eigenvalue weighted by molar-refractivity contribution is 0.0737. The molecule has 0 N–H and O–H groups in total. The molecule has 1 amide bonds. The van der Waals surface area contributed by atoms with Crippen molar-refractivity contribution in [2.24, 2.45) is 0 Å². The summed E-state index contributed by atoms with van der Waals surface area (Å²) in [6.07, 6.45) is 2.74. The van der Waals surface area contributed by atoms with Gasteiger partial charge in [0, 0.05) is 19.5 Å². The zero-order valence-electron chi connectivity index (χ0n) is 14.8. The summed E-state index contributed by atoms with van der Waals surface area (Å²) in [6, 6.07) is 9.67. The number of aromatic nitrogens is 1. The van der Waals surface area contributed by atoms with Crippen LogP contribution in [-0.2, 0) is 9.84 Å². The summed E-state index contributed by atoms with van der Waals surface area (Å²) in [6.45, 7) is 4.13. The molecule has 1 heterocycles. The van der Waals surface area contributed by atoms with Crippen molar-refractivity contribution in [3.63, 3.8) is 0 Å². The van der Waals surface area contributed by atoms with Crippen LogP contribution in [0.3, 0.4) is 0 Å². The van der Waals surface area contributed by atoms with Crippen LogP contribution < -0.4 is 4.74 Å². The van der Waals surface area contributed by atoms with Crippen molar-refractivity contribution in [2.45, 2.75) is 24.8 Å². The number of benzene rings is 1. The predicted octanol–water partition coefficient (Wildman–Crippen LogP) is 2.72. The molecule has 1 aromatic heterocycles. The van der Waals surface area contributed by atoms with Crippen LogP contribution in [0.5, 0.6) is 5.88 Å². The van der Waals surface area contributed by atoms with Crippen molar-refractivity contribution in [1.29, 1.82) is 0 Å². The maximum absolute atomic E-state index is 12.8. The number of ether oxygens (including phenoxy) is 1. The molecule has 2 rings (SSSR count). The van der Waals surface area contributed by atoms with Crippen LogP contribution in [0.25, 0.3) is 0 Å². The van der Waals surface area contributed by atoms with Gasteiger partial charge < -0.3 is 9.64 Å². The molecule has 0 fully saturated rings. The minimum atomic E-state index is -3.24. The van der Waals surface area contributed by atoms with Gasteiger partial charge in [0.25, 0.3) is 5.91 Å². The standard InChI is InChI=1S/C18H22N2O4S/c1-5-24-17-16(7-6-12-19-17)18(21)20(3)13(2)14-8-10-15(11-9-14)25(4,22)23/h6-13H,5H2,1-4H3. The minimum absolute atomic E-state index is 0.212. The van der Waals surface area contributed by atoms with Gasteiger partial charge in [0.15, 0.2) is 9.84 Å². The molecule has 0 aliphatic carbocycles. The molecule has 1 aromatic carbocycles. The molecule has 2 aromatic rings. The molecule has 7 heteroatoms. The van der Waals surface area contributed by atoms with Gasteiger partial charge in [-0.15, -0.1) is 0 Å². The van der Waals surface area contributed by atoms with E-state index in [1.807, 2.05) is 13.8 Å². The largest absolute Gasteiger partial charge is 0.477 e. The Kier molecular flexibility index (Phi) is 5.79. The summed E-state index contributed by atoms with van der Waals surface area (Å²) in [5, 5.41) is 0. The van der Waals surface area contributed by atoms with E-state index >= 15 is 0 Å². The van der Waals surface area contributed by atoms with Gasteiger partial charge in [-0.1, -0.05) is 12.1 Å². The first kappa shape index (κ1) is 18.9. The third-order valence-corrected chi connectivity index (χ3v) is 5.10. The fourth-order valence-electron chi connectivity index (χ4n) is 2.39. The molecular formula is C18H22N2O4S. The van der Waals surface area contributed by atoms with Gasteiger partial charge in [-0.25, -0.2) is 13.4 Å². The van der Waals surface area contributed by atoms with Gasteiger partial charge in [-0.3, -0.25) is 4.79 Å². The molecule has 0 aliphatic rings. The van der Waals surface area contributed by atoms with E-state index in [2.05, 4.69) is 4.98 Å². The first-order valence-corrected chi connectivity index (χ1v) is 9.79. The van der Waals surface area contributed by atoms with E-state index in [0.29, 0.717) is 18.1 Å². The van der Waals surface area contributed by atoms with Crippen LogP contribution in [0.15, 0.2) is 47.5 Å². The lowest BCUT2D eigenvalue weighted by Gasteiger charge is -2.26. The Morgan fingerprint density at radius 3 is 2.44 bits per heavy atom. The quantitative estimate of drug-likeness (QED) is 0.790. The summed E-state index contributed by atoms with van der Waals surface area (Å²) in [5.74, 6) is 0.0951. The summed E-state index contributed by atoms with van der Waals surface area (Å²) >= 11 is 0. The molecule has 0 saturated carbocycles. The average Bonchev–Trinajstić information content (AvgIpc) is 2.60. The first-order valence-electron chi connectivity index (χ1n) is 7.90. The molecule has 0 bridgehead atoms. The highest BCUT2D eigenvalue weighted by Gasteiger charge is 2.22. The molecule has 1 atom stereocenters. The fourth-order valence-corrected chi connectivity index (χ4v) is 3.02. The van der Waals surface area contributed by atoms with Crippen molar-refractivity contribution >= 4 is 15.7 Å². The van der Waals surface area contributed by atoms with Crippen LogP contribution in [0.1, 0.15) is 35.8 Å². The minimum Gasteiger partial charge on any atom is -0.477 e. The molecule has 0 radical (unpaired) electrons. The third-order valence-electron chi connectivity index (χ3n) is 3.97. The number of rotatable bonds is 6. The number of carbonyl (C=O) groups is 1. The molecule has 6 nitrogen and oxygen atoms in total. The van der Waals surface area contributed by atoms with E-state index in [4.69, 9.17) is 4.74 Å². The Morgan fingerprint density at radius 1 is 1.24 bits per heavy atom. The van der Waals surface area contributed by atoms with Crippen molar-refractivity contribution in [3.8, 4) is 5.88 Å². The van der Waals surface area contributed by atoms with E-state index in [0.717, 1.165) is 5.56 Å². The van der Waals surface area contributed by atoms with E-state index < -0.39 is 9.84 Å². The van der Waals surface area contributed by atoms with Crippen LogP contribution in [0.2, 0.25) is 0 Å². The lowest BCUT2D eigenvalue weighted by atomic mass is 10.1. The second-order valence-electron chi connectivity index (χ2n) is 5.72. The van der Waals surface area contributed by atoms with Crippen molar-refractivity contribution in [3.05, 3.63) is 53.7 Å². The van der Waals surface area contributed by atoms with Gasteiger partial charge in [0.1, 0.15) is 5.56 Å². The maximum atomic E-state index is 12.8. The van der Waals surface area contributed by atoms with Crippen LogP contribution in [0.4, 0.5) is 0 Å². The summed E-state index contributed by atoms with van der Waals surface area (Å²) < 4.78 is 28.5. The number of hydrogen-bond acceptors (Lipinski definition) is 5. The number of sulfone groups is 1. The summed E-state index contributed by atoms with van der Waals surface area (Å²) in [7, 11) is -1.55. The molecule has 1 unspecified atom stereocenters. The number of hydrogen-bond donors (Lipinski definition) is 0. The molecule has 25 heavy (non-hydrogen) atoms. The zero-order chi connectivity index (χ0) is 18.6. The highest BCUT2D eigenvalue weighted by Crippen LogP contribution is 2.24. The molecular weight excluding hydrogens is 340 g/mol. The number of carbonyl (C=O) groups excluding carboxylic acids is 1. The maximum Gasteiger partial charge on any atom is 0.259 e. The summed E-state index contributed by atoms with van der Waals surface area (Å²) in [5.41, 5.74) is 1.23. The van der Waals surface area contributed by atoms with E-state index in [1.54, 1.807) is 54.5 Å². The Balaban J connectivity index is 2.25. The highest BCUT2D eigenvalue weighted by atomic mass is 32.2. The topological polar surface area (TPSA) is 76.6 Å². The van der Waals surface area contributed by atoms with Gasteiger partial charge in [0.2, 0.25) is 5.88 Å². The van der Waals surface area contributed by atoms with Crippen molar-refractivity contribution in [2.75, 3.05) is 19.9 Å². The highest BCUT2D eigenvalue weighted by molar-refractivity contribution is 7.90. The molecule has 134 valence electrons. The summed E-state index contributed by atoms with van der Waals surface area (Å²) in [4.78, 5) is 18.7. The van der Waals surface area contributed by atoms with Crippen LogP contribution in [-0.4, -0.2) is 44.1 Å². The lowest BCUT2D eigenvalue weighted by Crippen LogP contribution is -2.30. The second kappa shape index (κ2) is 7.65. The number of nitrogens with zero attached hydrogens (tertiary/aromatic N) is 2. The normalized spacial score (nSPS) is 12.5. The Bertz CT molecular complexity index is 848. The Labute approximate surface area is 148 Å². The van der Waals surface area contributed by atoms with Crippen molar-refractivity contribution in [1.82, 2.24) is 9.88 Å². The van der Waals surface area contributed by atoms with Crippen LogP contribution in [0, 0.1) is 0 Å². The number of amides is 1. The average molecular weight is 362 g/mol. The van der Waals surface area contributed by atoms with E-state index in [9.17, 15) is 13.2 Å². The fraction of sp³-hybridized carbons (Fsp3) is 0.333. The van der Waals surface area contributed by atoms with Gasteiger partial charge in [-0.2, -0.15) is 0 Å². The predicted molar refractivity (Wildman–Crippen MR) is 95.5 cm³/mol. The van der Waals surface area contributed by atoms with E-state index in [-0.39, 0.29) is 16.8 Å². The van der Waals surface area contributed by atoms with E-state index in [1.165, 1.54) is 6.26 Å². The monoisotopic (exact) mass is 362 g/mol. The van der Waals surface area contributed by atoms with Crippen LogP contribution >= 0.6 is 0 Å².